The number of nitrogens with one attached hydrogen (secondary N) is 1. The molecule has 0 unspecified atom stereocenters. The van der Waals surface area contributed by atoms with Gasteiger partial charge in [-0.05, 0) is 23.8 Å². The summed E-state index contributed by atoms with van der Waals surface area (Å²) in [6.07, 6.45) is -3.24. The van der Waals surface area contributed by atoms with Gasteiger partial charge in [0.05, 0.1) is 23.0 Å². The molecule has 2 aromatic rings. The van der Waals surface area contributed by atoms with Crippen molar-refractivity contribution in [1.29, 1.82) is 0 Å². The molecule has 0 bridgehead atoms. The number of benzene rings is 1. The second-order valence-electron chi connectivity index (χ2n) is 5.28. The van der Waals surface area contributed by atoms with E-state index in [1.54, 1.807) is 18.3 Å². The predicted molar refractivity (Wildman–Crippen MR) is 80.8 cm³/mol. The molecule has 0 aliphatic carbocycles. The lowest BCUT2D eigenvalue weighted by Gasteiger charge is -2.14. The van der Waals surface area contributed by atoms with Crippen LogP contribution < -0.4 is 10.1 Å². The Bertz CT molecular complexity index is 780. The van der Waals surface area contributed by atoms with Crippen molar-refractivity contribution in [2.24, 2.45) is 0 Å². The van der Waals surface area contributed by atoms with Crippen LogP contribution in [-0.4, -0.2) is 17.5 Å². The van der Waals surface area contributed by atoms with E-state index in [-0.39, 0.29) is 24.6 Å². The number of carbonyl (C=O) groups is 1. The fourth-order valence-corrected chi connectivity index (χ4v) is 2.81. The molecule has 0 spiro atoms. The second kappa shape index (κ2) is 6.32. The summed E-state index contributed by atoms with van der Waals surface area (Å²) in [5.74, 6) is 0.00132. The number of ether oxygens (including phenoxy) is 1. The second-order valence-corrected chi connectivity index (χ2v) is 5.66. The van der Waals surface area contributed by atoms with E-state index in [0.29, 0.717) is 5.88 Å². The summed E-state index contributed by atoms with van der Waals surface area (Å²) in [4.78, 5) is 16.2. The summed E-state index contributed by atoms with van der Waals surface area (Å²) in [5, 5.41) is 2.27. The Hall–Kier alpha value is -2.28. The summed E-state index contributed by atoms with van der Waals surface area (Å²) in [6.45, 7) is 0.231. The van der Waals surface area contributed by atoms with Crippen LogP contribution in [0.4, 0.5) is 13.2 Å². The highest BCUT2D eigenvalue weighted by Crippen LogP contribution is 2.36. The number of halogens is 4. The monoisotopic (exact) mass is 356 g/mol. The number of aromatic nitrogens is 1. The van der Waals surface area contributed by atoms with Gasteiger partial charge in [-0.3, -0.25) is 4.79 Å². The molecule has 0 saturated carbocycles. The number of fused-ring (bicyclic) bond motifs is 1. The predicted octanol–water partition coefficient (Wildman–Crippen LogP) is 3.55. The van der Waals surface area contributed by atoms with Crippen LogP contribution >= 0.6 is 11.6 Å². The van der Waals surface area contributed by atoms with Crippen molar-refractivity contribution in [3.05, 3.63) is 58.2 Å². The summed E-state index contributed by atoms with van der Waals surface area (Å²) in [6, 6.07) is 6.63. The molecule has 1 aromatic carbocycles. The van der Waals surface area contributed by atoms with Crippen molar-refractivity contribution in [2.75, 3.05) is 6.61 Å². The Balaban J connectivity index is 1.73. The van der Waals surface area contributed by atoms with E-state index in [4.69, 9.17) is 16.3 Å². The quantitative estimate of drug-likeness (QED) is 0.915. The highest BCUT2D eigenvalue weighted by molar-refractivity contribution is 6.32. The maximum Gasteiger partial charge on any atom is 0.417 e. The lowest BCUT2D eigenvalue weighted by atomic mass is 10.1. The topological polar surface area (TPSA) is 51.2 Å². The van der Waals surface area contributed by atoms with Crippen molar-refractivity contribution in [3.8, 4) is 5.88 Å². The van der Waals surface area contributed by atoms with E-state index in [2.05, 4.69) is 10.3 Å². The molecule has 3 rings (SSSR count). The van der Waals surface area contributed by atoms with Gasteiger partial charge in [-0.2, -0.15) is 13.2 Å². The van der Waals surface area contributed by atoms with Crippen LogP contribution in [0, 0.1) is 0 Å². The summed E-state index contributed by atoms with van der Waals surface area (Å²) in [7, 11) is 0. The summed E-state index contributed by atoms with van der Waals surface area (Å²) < 4.78 is 43.9. The van der Waals surface area contributed by atoms with Gasteiger partial charge in [0.1, 0.15) is 6.61 Å². The summed E-state index contributed by atoms with van der Waals surface area (Å²) >= 11 is 5.80. The molecule has 0 radical (unpaired) electrons. The fraction of sp³-hybridized carbons (Fsp3) is 0.250. The van der Waals surface area contributed by atoms with Crippen LogP contribution in [0.1, 0.15) is 22.7 Å². The third-order valence-electron chi connectivity index (χ3n) is 3.63. The number of carbonyl (C=O) groups excluding carboxylic acids is 1. The van der Waals surface area contributed by atoms with Crippen LogP contribution in [0.2, 0.25) is 5.02 Å². The van der Waals surface area contributed by atoms with Gasteiger partial charge in [0, 0.05) is 11.8 Å². The number of nitrogens with zero attached hydrogens (tertiary/aromatic N) is 1. The maximum absolute atomic E-state index is 12.9. The van der Waals surface area contributed by atoms with E-state index in [9.17, 15) is 18.0 Å². The molecule has 0 saturated heterocycles. The Morgan fingerprint density at radius 1 is 1.33 bits per heavy atom. The van der Waals surface area contributed by atoms with E-state index in [1.807, 2.05) is 0 Å². The SMILES string of the molecule is O=C(Cc1cccc(C(F)(F)F)c1Cl)N[C@H]1COc2ncccc21. The van der Waals surface area contributed by atoms with Crippen molar-refractivity contribution in [1.82, 2.24) is 10.3 Å². The van der Waals surface area contributed by atoms with E-state index in [0.717, 1.165) is 11.6 Å². The molecule has 1 amide bonds. The number of alkyl halides is 3. The molecular weight excluding hydrogens is 345 g/mol. The molecule has 0 fully saturated rings. The number of hydrogen-bond acceptors (Lipinski definition) is 3. The first kappa shape index (κ1) is 16.6. The van der Waals surface area contributed by atoms with Crippen molar-refractivity contribution < 1.29 is 22.7 Å². The zero-order valence-electron chi connectivity index (χ0n) is 12.2. The smallest absolute Gasteiger partial charge is 0.417 e. The van der Waals surface area contributed by atoms with Crippen LogP contribution in [0.3, 0.4) is 0 Å². The third-order valence-corrected chi connectivity index (χ3v) is 4.08. The van der Waals surface area contributed by atoms with E-state index >= 15 is 0 Å². The first-order valence-corrected chi connectivity index (χ1v) is 7.45. The average molecular weight is 357 g/mol. The Morgan fingerprint density at radius 2 is 2.12 bits per heavy atom. The molecule has 8 heteroatoms. The largest absolute Gasteiger partial charge is 0.475 e. The minimum Gasteiger partial charge on any atom is -0.475 e. The molecule has 2 heterocycles. The zero-order valence-corrected chi connectivity index (χ0v) is 13.0. The van der Waals surface area contributed by atoms with Gasteiger partial charge in [0.25, 0.3) is 0 Å². The molecule has 1 atom stereocenters. The summed E-state index contributed by atoms with van der Waals surface area (Å²) in [5.41, 5.74) is -0.0940. The normalized spacial score (nSPS) is 16.4. The standard InChI is InChI=1S/C16H12ClF3N2O2/c17-14-9(3-1-5-11(14)16(18,19)20)7-13(23)22-12-8-24-15-10(12)4-2-6-21-15/h1-6,12H,7-8H2,(H,22,23)/t12-/m0/s1. The number of amides is 1. The van der Waals surface area contributed by atoms with E-state index in [1.165, 1.54) is 12.1 Å². The Kier molecular flexibility index (Phi) is 4.36. The lowest BCUT2D eigenvalue weighted by molar-refractivity contribution is -0.137. The van der Waals surface area contributed by atoms with Gasteiger partial charge in [-0.1, -0.05) is 23.7 Å². The number of pyridine rings is 1. The van der Waals surface area contributed by atoms with Crippen molar-refractivity contribution in [2.45, 2.75) is 18.6 Å². The van der Waals surface area contributed by atoms with Crippen molar-refractivity contribution >= 4 is 17.5 Å². The molecule has 1 aromatic heterocycles. The minimum atomic E-state index is -4.56. The van der Waals surface area contributed by atoms with Gasteiger partial charge in [-0.15, -0.1) is 0 Å². The zero-order chi connectivity index (χ0) is 17.3. The van der Waals surface area contributed by atoms with Crippen LogP contribution in [0.15, 0.2) is 36.5 Å². The lowest BCUT2D eigenvalue weighted by Crippen LogP contribution is -2.30. The molecule has 1 N–H and O–H groups in total. The van der Waals surface area contributed by atoms with Gasteiger partial charge in [0.15, 0.2) is 0 Å². The van der Waals surface area contributed by atoms with Crippen LogP contribution in [0.5, 0.6) is 5.88 Å². The maximum atomic E-state index is 12.9. The molecule has 1 aliphatic heterocycles. The van der Waals surface area contributed by atoms with Crippen LogP contribution in [-0.2, 0) is 17.4 Å². The van der Waals surface area contributed by atoms with Gasteiger partial charge < -0.3 is 10.1 Å². The number of rotatable bonds is 3. The first-order chi connectivity index (χ1) is 11.4. The fourth-order valence-electron chi connectivity index (χ4n) is 2.51. The molecule has 126 valence electrons. The molecule has 1 aliphatic rings. The highest BCUT2D eigenvalue weighted by atomic mass is 35.5. The average Bonchev–Trinajstić information content (AvgIpc) is 2.91. The minimum absolute atomic E-state index is 0.120. The first-order valence-electron chi connectivity index (χ1n) is 7.08. The van der Waals surface area contributed by atoms with Crippen LogP contribution in [0.25, 0.3) is 0 Å². The Labute approximate surface area is 140 Å². The number of hydrogen-bond donors (Lipinski definition) is 1. The molecular formula is C16H12ClF3N2O2. The molecule has 4 nitrogen and oxygen atoms in total. The van der Waals surface area contributed by atoms with Crippen molar-refractivity contribution in [3.63, 3.8) is 0 Å². The van der Waals surface area contributed by atoms with Gasteiger partial charge in [0.2, 0.25) is 11.8 Å². The van der Waals surface area contributed by atoms with E-state index < -0.39 is 22.7 Å². The van der Waals surface area contributed by atoms with Gasteiger partial charge in [-0.25, -0.2) is 4.98 Å². The molecule has 24 heavy (non-hydrogen) atoms. The van der Waals surface area contributed by atoms with Gasteiger partial charge >= 0.3 is 6.18 Å². The third kappa shape index (κ3) is 3.31. The highest BCUT2D eigenvalue weighted by Gasteiger charge is 2.34. The Morgan fingerprint density at radius 3 is 2.88 bits per heavy atom.